The van der Waals surface area contributed by atoms with Crippen LogP contribution in [0.25, 0.3) is 0 Å². The van der Waals surface area contributed by atoms with Crippen LogP contribution in [-0.4, -0.2) is 35.9 Å². The van der Waals surface area contributed by atoms with E-state index >= 15 is 0 Å². The molecule has 10 nitrogen and oxygen atoms in total. The van der Waals surface area contributed by atoms with Gasteiger partial charge in [0.2, 0.25) is 0 Å². The van der Waals surface area contributed by atoms with Crippen molar-refractivity contribution in [1.29, 1.82) is 0 Å². The van der Waals surface area contributed by atoms with Gasteiger partial charge in [0.05, 0.1) is 29.6 Å². The number of nitrogens with two attached hydrogens (primary N) is 1. The van der Waals surface area contributed by atoms with Gasteiger partial charge < -0.3 is 15.2 Å². The molecule has 12 heteroatoms. The molecular formula is C31H28ClN3O7S. The van der Waals surface area contributed by atoms with Crippen molar-refractivity contribution in [2.24, 2.45) is 11.7 Å². The third-order valence-corrected chi connectivity index (χ3v) is 8.72. The number of rotatable bonds is 8. The van der Waals surface area contributed by atoms with E-state index in [1.54, 1.807) is 43.0 Å². The van der Waals surface area contributed by atoms with E-state index in [1.165, 1.54) is 35.6 Å². The van der Waals surface area contributed by atoms with E-state index in [-0.39, 0.29) is 42.3 Å². The Hall–Kier alpha value is -4.48. The third-order valence-electron chi connectivity index (χ3n) is 7.48. The first-order valence-corrected chi connectivity index (χ1v) is 14.9. The van der Waals surface area contributed by atoms with Crippen molar-refractivity contribution in [3.63, 3.8) is 0 Å². The summed E-state index contributed by atoms with van der Waals surface area (Å²) >= 11 is 7.79. The number of thiophene rings is 1. The van der Waals surface area contributed by atoms with Crippen LogP contribution in [-0.2, 0) is 23.9 Å². The number of carbonyl (C=O) groups is 3. The highest BCUT2D eigenvalue weighted by atomic mass is 35.5. The van der Waals surface area contributed by atoms with Crippen LogP contribution in [0.3, 0.4) is 0 Å². The Balaban J connectivity index is 1.81. The maximum atomic E-state index is 14.7. The highest BCUT2D eigenvalue weighted by Gasteiger charge is 2.51. The molecule has 0 unspecified atom stereocenters. The molecule has 2 heterocycles. The van der Waals surface area contributed by atoms with Crippen molar-refractivity contribution in [3.8, 4) is 0 Å². The van der Waals surface area contributed by atoms with Gasteiger partial charge in [-0.25, -0.2) is 4.79 Å². The van der Waals surface area contributed by atoms with Gasteiger partial charge in [-0.3, -0.25) is 24.6 Å². The molecule has 0 radical (unpaired) electrons. The predicted molar refractivity (Wildman–Crippen MR) is 161 cm³/mol. The first kappa shape index (κ1) is 30.0. The number of Topliss-reactive ketones (excluding diaryl/α,β-unsaturated/α-hetero) is 1. The number of ether oxygens (including phenoxy) is 2. The van der Waals surface area contributed by atoms with Crippen LogP contribution in [0.4, 0.5) is 11.4 Å². The van der Waals surface area contributed by atoms with Gasteiger partial charge in [0, 0.05) is 44.9 Å². The topological polar surface area (TPSA) is 142 Å². The number of ketones is 1. The fourth-order valence-electron chi connectivity index (χ4n) is 5.75. The molecule has 2 N–H and O–H groups in total. The maximum Gasteiger partial charge on any atom is 0.338 e. The summed E-state index contributed by atoms with van der Waals surface area (Å²) in [6.45, 7) is 3.45. The number of benzene rings is 2. The van der Waals surface area contributed by atoms with Gasteiger partial charge >= 0.3 is 11.9 Å². The second kappa shape index (κ2) is 12.4. The highest BCUT2D eigenvalue weighted by molar-refractivity contribution is 7.10. The number of nitro benzene ring substituents is 1. The lowest BCUT2D eigenvalue weighted by atomic mass is 9.68. The van der Waals surface area contributed by atoms with E-state index in [9.17, 15) is 24.5 Å². The molecule has 1 aromatic heterocycles. The third kappa shape index (κ3) is 5.53. The van der Waals surface area contributed by atoms with Crippen LogP contribution >= 0.6 is 22.9 Å². The lowest BCUT2D eigenvalue weighted by Gasteiger charge is -2.43. The molecule has 0 saturated carbocycles. The van der Waals surface area contributed by atoms with Gasteiger partial charge in [-0.1, -0.05) is 29.8 Å². The molecule has 0 fully saturated rings. The van der Waals surface area contributed by atoms with Crippen LogP contribution in [0.2, 0.25) is 5.02 Å². The standard InChI is InChI=1S/C31H28ClN3O7S/c1-3-41-30(37)25-21(23-9-6-14-43-23)16-22-26(28(25)36)24(17-7-5-8-18(32)15-17)27(31(38)42-4-2)29(33)34(22)19-10-12-20(13-11-19)35(39)40/h5-15,21,24-25H,3-4,16,33H2,1-2H3/t21-,24+,25+/m1/s1. The molecule has 0 saturated heterocycles. The average Bonchev–Trinajstić information content (AvgIpc) is 3.52. The van der Waals surface area contributed by atoms with Gasteiger partial charge in [0.25, 0.3) is 5.69 Å². The van der Waals surface area contributed by atoms with Gasteiger partial charge in [0.15, 0.2) is 5.78 Å². The Morgan fingerprint density at radius 1 is 1.09 bits per heavy atom. The lowest BCUT2D eigenvalue weighted by Crippen LogP contribution is -2.46. The van der Waals surface area contributed by atoms with Gasteiger partial charge in [-0.2, -0.15) is 0 Å². The minimum absolute atomic E-state index is 0.00310. The lowest BCUT2D eigenvalue weighted by molar-refractivity contribution is -0.384. The monoisotopic (exact) mass is 621 g/mol. The van der Waals surface area contributed by atoms with Gasteiger partial charge in [-0.05, 0) is 61.5 Å². The fraction of sp³-hybridized carbons (Fsp3) is 0.258. The molecule has 2 aromatic carbocycles. The minimum atomic E-state index is -1.18. The maximum absolute atomic E-state index is 14.7. The summed E-state index contributed by atoms with van der Waals surface area (Å²) < 4.78 is 10.8. The summed E-state index contributed by atoms with van der Waals surface area (Å²) in [5.74, 6) is -4.68. The zero-order valence-electron chi connectivity index (χ0n) is 23.3. The molecule has 222 valence electrons. The van der Waals surface area contributed by atoms with Crippen LogP contribution in [0, 0.1) is 16.0 Å². The summed E-state index contributed by atoms with van der Waals surface area (Å²) in [4.78, 5) is 55.0. The number of hydrogen-bond acceptors (Lipinski definition) is 10. The fourth-order valence-corrected chi connectivity index (χ4v) is 6.81. The summed E-state index contributed by atoms with van der Waals surface area (Å²) in [7, 11) is 0. The molecule has 0 bridgehead atoms. The second-order valence-corrected chi connectivity index (χ2v) is 11.3. The molecule has 43 heavy (non-hydrogen) atoms. The van der Waals surface area contributed by atoms with E-state index < -0.39 is 40.4 Å². The Kier molecular flexibility index (Phi) is 8.65. The van der Waals surface area contributed by atoms with E-state index in [4.69, 9.17) is 26.8 Å². The van der Waals surface area contributed by atoms with Crippen molar-refractivity contribution in [3.05, 3.63) is 114 Å². The quantitative estimate of drug-likeness (QED) is 0.142. The van der Waals surface area contributed by atoms with E-state index in [0.717, 1.165) is 4.88 Å². The van der Waals surface area contributed by atoms with Crippen molar-refractivity contribution >= 4 is 52.0 Å². The summed E-state index contributed by atoms with van der Waals surface area (Å²) in [5, 5.41) is 13.6. The predicted octanol–water partition coefficient (Wildman–Crippen LogP) is 5.84. The number of halogens is 1. The molecule has 0 amide bonds. The van der Waals surface area contributed by atoms with Crippen LogP contribution in [0.1, 0.15) is 42.5 Å². The van der Waals surface area contributed by atoms with Crippen LogP contribution in [0.15, 0.2) is 88.7 Å². The Bertz CT molecular complexity index is 1650. The second-order valence-electron chi connectivity index (χ2n) is 9.90. The molecular weight excluding hydrogens is 594 g/mol. The van der Waals surface area contributed by atoms with E-state index in [1.807, 2.05) is 17.5 Å². The number of non-ortho nitro benzene ring substituents is 1. The molecule has 3 aromatic rings. The molecule has 1 aliphatic heterocycles. The SMILES string of the molecule is CCOC(=O)C1=C(N)N(c2ccc([N+](=O)[O-])cc2)C2=C(C(=O)[C@@H](C(=O)OCC)[C@@H](c3cccs3)C2)[C@@H]1c1cccc(Cl)c1. The molecule has 5 rings (SSSR count). The number of nitro groups is 1. The zero-order valence-corrected chi connectivity index (χ0v) is 24.9. The van der Waals surface area contributed by atoms with Crippen molar-refractivity contribution < 1.29 is 28.8 Å². The van der Waals surface area contributed by atoms with E-state index in [0.29, 0.717) is 22.0 Å². The number of nitrogens with zero attached hydrogens (tertiary/aromatic N) is 2. The van der Waals surface area contributed by atoms with Crippen molar-refractivity contribution in [2.45, 2.75) is 32.1 Å². The molecule has 2 aliphatic rings. The first-order valence-electron chi connectivity index (χ1n) is 13.6. The Morgan fingerprint density at radius 3 is 2.42 bits per heavy atom. The Morgan fingerprint density at radius 2 is 1.81 bits per heavy atom. The largest absolute Gasteiger partial charge is 0.465 e. The summed E-state index contributed by atoms with van der Waals surface area (Å²) in [5.41, 5.74) is 8.23. The summed E-state index contributed by atoms with van der Waals surface area (Å²) in [6.07, 6.45) is 0.190. The molecule has 1 aliphatic carbocycles. The number of carbonyl (C=O) groups excluding carboxylic acids is 3. The average molecular weight is 622 g/mol. The number of anilines is 1. The van der Waals surface area contributed by atoms with Crippen molar-refractivity contribution in [1.82, 2.24) is 0 Å². The molecule has 0 spiro atoms. The number of esters is 2. The van der Waals surface area contributed by atoms with Gasteiger partial charge in [-0.15, -0.1) is 11.3 Å². The minimum Gasteiger partial charge on any atom is -0.465 e. The van der Waals surface area contributed by atoms with Crippen LogP contribution < -0.4 is 10.6 Å². The number of allylic oxidation sites excluding steroid dienone is 2. The van der Waals surface area contributed by atoms with Crippen molar-refractivity contribution in [2.75, 3.05) is 18.1 Å². The Labute approximate surface area is 256 Å². The first-order chi connectivity index (χ1) is 20.7. The van der Waals surface area contributed by atoms with E-state index in [2.05, 4.69) is 0 Å². The normalized spacial score (nSPS) is 20.1. The zero-order chi connectivity index (χ0) is 30.8. The summed E-state index contributed by atoms with van der Waals surface area (Å²) in [6, 6.07) is 16.1. The number of hydrogen-bond donors (Lipinski definition) is 1. The smallest absolute Gasteiger partial charge is 0.338 e. The van der Waals surface area contributed by atoms with Gasteiger partial charge in [0.1, 0.15) is 11.7 Å². The van der Waals surface area contributed by atoms with Crippen LogP contribution in [0.5, 0.6) is 0 Å². The molecule has 3 atom stereocenters. The highest BCUT2D eigenvalue weighted by Crippen LogP contribution is 2.52.